The largest absolute Gasteiger partial charge is 0.398 e. The maximum absolute atomic E-state index is 5.41. The fraction of sp³-hybridized carbons (Fsp3) is 1.00. The Morgan fingerprint density at radius 1 is 1.00 bits per heavy atom. The van der Waals surface area contributed by atoms with Crippen molar-refractivity contribution in [3.8, 4) is 0 Å². The first kappa shape index (κ1) is 16.0. The van der Waals surface area contributed by atoms with E-state index in [1.54, 1.807) is 14.2 Å². The molecule has 5 nitrogen and oxygen atoms in total. The van der Waals surface area contributed by atoms with Gasteiger partial charge in [-0.1, -0.05) is 0 Å². The molecule has 0 saturated carbocycles. The molecule has 98 valence electrons. The third kappa shape index (κ3) is 8.20. The lowest BCUT2D eigenvalue weighted by Crippen LogP contribution is -2.36. The summed E-state index contributed by atoms with van der Waals surface area (Å²) in [5.74, 6) is 0. The van der Waals surface area contributed by atoms with Gasteiger partial charge in [0.15, 0.2) is 0 Å². The van der Waals surface area contributed by atoms with Crippen molar-refractivity contribution in [3.63, 3.8) is 0 Å². The van der Waals surface area contributed by atoms with Gasteiger partial charge in [0.1, 0.15) is 0 Å². The summed E-state index contributed by atoms with van der Waals surface area (Å²) in [5, 5.41) is 6.48. The summed E-state index contributed by atoms with van der Waals surface area (Å²) in [7, 11) is 1.63. The van der Waals surface area contributed by atoms with Crippen molar-refractivity contribution in [3.05, 3.63) is 0 Å². The molecular formula is C10H27N3O2Si. The lowest BCUT2D eigenvalue weighted by molar-refractivity contribution is 0.248. The Labute approximate surface area is 100 Å². The van der Waals surface area contributed by atoms with Crippen molar-refractivity contribution in [1.29, 1.82) is 0 Å². The minimum Gasteiger partial charge on any atom is -0.398 e. The maximum atomic E-state index is 5.41. The molecule has 0 radical (unpaired) electrons. The molecule has 0 fully saturated rings. The summed E-state index contributed by atoms with van der Waals surface area (Å²) < 4.78 is 10.8. The summed E-state index contributed by atoms with van der Waals surface area (Å²) in [4.78, 5) is 0. The number of nitrogens with one attached hydrogen (secondary N) is 2. The van der Waals surface area contributed by atoms with Gasteiger partial charge in [0.25, 0.3) is 0 Å². The van der Waals surface area contributed by atoms with Crippen LogP contribution in [0, 0.1) is 0 Å². The van der Waals surface area contributed by atoms with Crippen molar-refractivity contribution in [2.75, 3.05) is 40.5 Å². The first-order valence-electron chi connectivity index (χ1n) is 5.90. The van der Waals surface area contributed by atoms with E-state index in [0.717, 1.165) is 38.5 Å². The van der Waals surface area contributed by atoms with Crippen LogP contribution < -0.4 is 16.4 Å². The van der Waals surface area contributed by atoms with Crippen LogP contribution in [-0.4, -0.2) is 49.1 Å². The summed E-state index contributed by atoms with van der Waals surface area (Å²) in [6.07, 6.45) is 2.22. The van der Waals surface area contributed by atoms with E-state index in [4.69, 9.17) is 14.6 Å². The lowest BCUT2D eigenvalue weighted by atomic mass is 10.4. The van der Waals surface area contributed by atoms with E-state index in [-0.39, 0.29) is 0 Å². The second kappa shape index (κ2) is 10.2. The minimum absolute atomic E-state index is 0.561. The van der Waals surface area contributed by atoms with Gasteiger partial charge in [-0.2, -0.15) is 0 Å². The van der Waals surface area contributed by atoms with Crippen molar-refractivity contribution >= 4 is 8.56 Å². The van der Waals surface area contributed by atoms with Crippen LogP contribution in [0.3, 0.4) is 0 Å². The fourth-order valence-corrected chi connectivity index (χ4v) is 2.78. The monoisotopic (exact) mass is 249 g/mol. The third-order valence-corrected chi connectivity index (χ3v) is 5.69. The van der Waals surface area contributed by atoms with Gasteiger partial charge < -0.3 is 25.2 Å². The van der Waals surface area contributed by atoms with E-state index in [2.05, 4.69) is 17.2 Å². The van der Waals surface area contributed by atoms with Gasteiger partial charge in [0, 0.05) is 20.9 Å². The molecule has 16 heavy (non-hydrogen) atoms. The van der Waals surface area contributed by atoms with Crippen molar-refractivity contribution < 1.29 is 8.85 Å². The number of nitrogens with two attached hydrogens (primary N) is 1. The smallest absolute Gasteiger partial charge is 0.334 e. The van der Waals surface area contributed by atoms with Crippen molar-refractivity contribution in [1.82, 2.24) is 10.6 Å². The molecule has 0 bridgehead atoms. The molecule has 0 atom stereocenters. The Kier molecular flexibility index (Phi) is 10.2. The van der Waals surface area contributed by atoms with E-state index in [0.29, 0.717) is 6.67 Å². The molecule has 0 rings (SSSR count). The van der Waals surface area contributed by atoms with E-state index in [1.807, 2.05) is 0 Å². The lowest BCUT2D eigenvalue weighted by Gasteiger charge is -2.22. The van der Waals surface area contributed by atoms with Gasteiger partial charge in [0.05, 0.1) is 0 Å². The summed E-state index contributed by atoms with van der Waals surface area (Å²) in [6, 6.07) is 1.04. The average molecular weight is 249 g/mol. The van der Waals surface area contributed by atoms with Crippen LogP contribution in [0.15, 0.2) is 0 Å². The van der Waals surface area contributed by atoms with Crippen LogP contribution >= 0.6 is 0 Å². The molecule has 0 aromatic rings. The zero-order chi connectivity index (χ0) is 12.3. The number of hydrogen-bond donors (Lipinski definition) is 3. The Hall–Kier alpha value is 0.0169. The average Bonchev–Trinajstić information content (AvgIpc) is 2.32. The van der Waals surface area contributed by atoms with Gasteiger partial charge in [0.2, 0.25) is 0 Å². The van der Waals surface area contributed by atoms with Crippen molar-refractivity contribution in [2.24, 2.45) is 5.73 Å². The highest BCUT2D eigenvalue weighted by Crippen LogP contribution is 2.12. The van der Waals surface area contributed by atoms with E-state index < -0.39 is 8.56 Å². The molecule has 0 aromatic carbocycles. The SMILES string of the molecule is CO[Si](C)(CCCNCCCNCN)OC. The molecule has 0 heterocycles. The van der Waals surface area contributed by atoms with Gasteiger partial charge in [-0.05, 0) is 45.1 Å². The molecule has 0 aromatic heterocycles. The molecule has 0 amide bonds. The minimum atomic E-state index is -1.85. The van der Waals surface area contributed by atoms with Crippen LogP contribution in [0.4, 0.5) is 0 Å². The number of rotatable bonds is 11. The predicted molar refractivity (Wildman–Crippen MR) is 69.6 cm³/mol. The van der Waals surface area contributed by atoms with Crippen LogP contribution in [-0.2, 0) is 8.85 Å². The molecule has 0 saturated heterocycles. The highest BCUT2D eigenvalue weighted by atomic mass is 28.4. The first-order valence-corrected chi connectivity index (χ1v) is 8.42. The van der Waals surface area contributed by atoms with Crippen LogP contribution in [0.1, 0.15) is 12.8 Å². The molecule has 0 aliphatic carbocycles. The highest BCUT2D eigenvalue weighted by molar-refractivity contribution is 6.65. The molecule has 0 spiro atoms. The Bertz CT molecular complexity index is 157. The van der Waals surface area contributed by atoms with Gasteiger partial charge >= 0.3 is 8.56 Å². The second-order valence-corrected chi connectivity index (χ2v) is 7.54. The first-order chi connectivity index (χ1) is 7.68. The number of hydrogen-bond acceptors (Lipinski definition) is 5. The predicted octanol–water partition coefficient (Wildman–Crippen LogP) is 0.227. The topological polar surface area (TPSA) is 68.5 Å². The molecule has 4 N–H and O–H groups in total. The Balaban J connectivity index is 3.26. The van der Waals surface area contributed by atoms with Crippen LogP contribution in [0.2, 0.25) is 12.6 Å². The maximum Gasteiger partial charge on any atom is 0.334 e. The van der Waals surface area contributed by atoms with Gasteiger partial charge in [-0.3, -0.25) is 0 Å². The molecule has 0 aliphatic rings. The Morgan fingerprint density at radius 3 is 2.12 bits per heavy atom. The van der Waals surface area contributed by atoms with E-state index in [9.17, 15) is 0 Å². The van der Waals surface area contributed by atoms with E-state index >= 15 is 0 Å². The fourth-order valence-electron chi connectivity index (χ4n) is 1.39. The van der Waals surface area contributed by atoms with Crippen LogP contribution in [0.25, 0.3) is 0 Å². The zero-order valence-corrected chi connectivity index (χ0v) is 11.8. The van der Waals surface area contributed by atoms with Crippen molar-refractivity contribution in [2.45, 2.75) is 25.4 Å². The Morgan fingerprint density at radius 2 is 1.56 bits per heavy atom. The standard InChI is InChI=1S/C10H27N3O2Si/c1-14-16(3,15-2)9-5-8-12-6-4-7-13-10-11/h12-13H,4-11H2,1-3H3. The molecule has 0 aliphatic heterocycles. The summed E-state index contributed by atoms with van der Waals surface area (Å²) in [6.45, 7) is 5.69. The van der Waals surface area contributed by atoms with Gasteiger partial charge in [-0.15, -0.1) is 0 Å². The third-order valence-electron chi connectivity index (χ3n) is 2.70. The van der Waals surface area contributed by atoms with Crippen LogP contribution in [0.5, 0.6) is 0 Å². The highest BCUT2D eigenvalue weighted by Gasteiger charge is 2.27. The summed E-state index contributed by atoms with van der Waals surface area (Å²) in [5.41, 5.74) is 5.31. The quantitative estimate of drug-likeness (QED) is 0.278. The summed E-state index contributed by atoms with van der Waals surface area (Å²) >= 11 is 0. The zero-order valence-electron chi connectivity index (χ0n) is 10.8. The molecule has 0 unspecified atom stereocenters. The normalized spacial score (nSPS) is 12.0. The van der Waals surface area contributed by atoms with E-state index in [1.165, 1.54) is 0 Å². The molecule has 6 heteroatoms. The van der Waals surface area contributed by atoms with Gasteiger partial charge in [-0.25, -0.2) is 0 Å². The molecular weight excluding hydrogens is 222 g/mol. The second-order valence-electron chi connectivity index (χ2n) is 3.95.